The van der Waals surface area contributed by atoms with Crippen molar-refractivity contribution in [3.8, 4) is 6.01 Å². The molecule has 0 fully saturated rings. The van der Waals surface area contributed by atoms with Crippen molar-refractivity contribution in [3.05, 3.63) is 0 Å². The van der Waals surface area contributed by atoms with Crippen LogP contribution in [0, 0.1) is 0 Å². The Bertz CT molecular complexity index is 348. The van der Waals surface area contributed by atoms with Crippen molar-refractivity contribution in [2.75, 3.05) is 24.8 Å². The highest BCUT2D eigenvalue weighted by Gasteiger charge is 2.25. The largest absolute Gasteiger partial charge is 0.467 e. The molecule has 102 valence electrons. The summed E-state index contributed by atoms with van der Waals surface area (Å²) in [4.78, 5) is 12.6. The fourth-order valence-electron chi connectivity index (χ4n) is 1.87. The van der Waals surface area contributed by atoms with Crippen molar-refractivity contribution in [1.82, 2.24) is 15.0 Å². The number of anilines is 2. The Labute approximate surface area is 109 Å². The van der Waals surface area contributed by atoms with Crippen LogP contribution in [0.2, 0.25) is 0 Å². The summed E-state index contributed by atoms with van der Waals surface area (Å²) in [5.41, 5.74) is 0.0252. The van der Waals surface area contributed by atoms with E-state index < -0.39 is 0 Å². The predicted octanol–water partition coefficient (Wildman–Crippen LogP) is 2.30. The molecular weight excluding hydrogens is 230 g/mol. The molecule has 0 aromatic carbocycles. The van der Waals surface area contributed by atoms with Crippen LogP contribution in [0.25, 0.3) is 0 Å². The van der Waals surface area contributed by atoms with E-state index in [9.17, 15) is 0 Å². The van der Waals surface area contributed by atoms with Gasteiger partial charge in [0.05, 0.1) is 7.11 Å². The summed E-state index contributed by atoms with van der Waals surface area (Å²) in [6, 6.07) is 0.314. The topological polar surface area (TPSA) is 72.0 Å². The van der Waals surface area contributed by atoms with Crippen LogP contribution < -0.4 is 15.4 Å². The van der Waals surface area contributed by atoms with Gasteiger partial charge in [0.2, 0.25) is 11.9 Å². The second-order valence-corrected chi connectivity index (χ2v) is 4.19. The number of aromatic nitrogens is 3. The number of nitrogens with one attached hydrogen (secondary N) is 2. The molecule has 6 nitrogen and oxygen atoms in total. The normalized spacial score (nSPS) is 11.2. The molecule has 0 amide bonds. The first-order valence-electron chi connectivity index (χ1n) is 6.39. The molecule has 0 saturated carbocycles. The van der Waals surface area contributed by atoms with E-state index in [1.54, 1.807) is 14.2 Å². The molecule has 18 heavy (non-hydrogen) atoms. The highest BCUT2D eigenvalue weighted by Crippen LogP contribution is 2.24. The van der Waals surface area contributed by atoms with Crippen LogP contribution in [0.15, 0.2) is 0 Å². The third-order valence-electron chi connectivity index (χ3n) is 3.43. The van der Waals surface area contributed by atoms with Crippen LogP contribution in [-0.4, -0.2) is 34.6 Å². The van der Waals surface area contributed by atoms with Crippen molar-refractivity contribution in [2.45, 2.75) is 45.6 Å². The summed E-state index contributed by atoms with van der Waals surface area (Å²) < 4.78 is 5.07. The quantitative estimate of drug-likeness (QED) is 0.777. The second kappa shape index (κ2) is 6.37. The van der Waals surface area contributed by atoms with Gasteiger partial charge in [0.25, 0.3) is 0 Å². The average molecular weight is 253 g/mol. The summed E-state index contributed by atoms with van der Waals surface area (Å²) >= 11 is 0. The lowest BCUT2D eigenvalue weighted by Gasteiger charge is -2.31. The molecule has 1 heterocycles. The van der Waals surface area contributed by atoms with E-state index in [0.717, 1.165) is 19.3 Å². The van der Waals surface area contributed by atoms with Gasteiger partial charge in [0.15, 0.2) is 0 Å². The van der Waals surface area contributed by atoms with Crippen LogP contribution in [-0.2, 0) is 0 Å². The number of hydrogen-bond acceptors (Lipinski definition) is 6. The first kappa shape index (κ1) is 14.5. The monoisotopic (exact) mass is 253 g/mol. The van der Waals surface area contributed by atoms with E-state index in [0.29, 0.717) is 17.9 Å². The number of methoxy groups -OCH3 is 1. The lowest BCUT2D eigenvalue weighted by atomic mass is 9.90. The Kier molecular flexibility index (Phi) is 5.12. The number of hydrogen-bond donors (Lipinski definition) is 2. The molecule has 0 aliphatic heterocycles. The molecule has 2 N–H and O–H groups in total. The highest BCUT2D eigenvalue weighted by molar-refractivity contribution is 5.37. The maximum atomic E-state index is 5.07. The van der Waals surface area contributed by atoms with Crippen molar-refractivity contribution < 1.29 is 4.74 Å². The smallest absolute Gasteiger partial charge is 0.322 e. The van der Waals surface area contributed by atoms with E-state index in [1.807, 2.05) is 0 Å². The maximum absolute atomic E-state index is 5.07. The molecule has 1 rings (SSSR count). The minimum Gasteiger partial charge on any atom is -0.467 e. The summed E-state index contributed by atoms with van der Waals surface area (Å²) in [6.07, 6.45) is 3.05. The van der Waals surface area contributed by atoms with Gasteiger partial charge in [0.1, 0.15) is 0 Å². The lowest BCUT2D eigenvalue weighted by molar-refractivity contribution is 0.376. The summed E-state index contributed by atoms with van der Waals surface area (Å²) in [7, 11) is 3.32. The molecule has 1 aromatic heterocycles. The third kappa shape index (κ3) is 3.21. The van der Waals surface area contributed by atoms with Gasteiger partial charge in [-0.25, -0.2) is 0 Å². The zero-order chi connectivity index (χ0) is 13.6. The molecule has 0 spiro atoms. The fraction of sp³-hybridized carbons (Fsp3) is 0.750. The Hall–Kier alpha value is -1.59. The molecule has 0 atom stereocenters. The minimum atomic E-state index is 0.0252. The van der Waals surface area contributed by atoms with Gasteiger partial charge >= 0.3 is 6.01 Å². The van der Waals surface area contributed by atoms with E-state index >= 15 is 0 Å². The summed E-state index contributed by atoms with van der Waals surface area (Å²) in [5.74, 6) is 1.05. The Morgan fingerprint density at radius 1 is 1.00 bits per heavy atom. The van der Waals surface area contributed by atoms with E-state index in [2.05, 4.69) is 46.4 Å². The van der Waals surface area contributed by atoms with Gasteiger partial charge in [-0.3, -0.25) is 0 Å². The van der Waals surface area contributed by atoms with Crippen molar-refractivity contribution in [3.63, 3.8) is 0 Å². The fourth-order valence-corrected chi connectivity index (χ4v) is 1.87. The Balaban J connectivity index is 3.01. The standard InChI is InChI=1S/C12H23N5O/c1-6-12(7-2,8-3)17-10-14-9(13-4)15-11(16-10)18-5/h6-8H2,1-5H3,(H2,13,14,15,16,17). The minimum absolute atomic E-state index is 0.0252. The molecule has 0 saturated heterocycles. The molecule has 6 heteroatoms. The van der Waals surface area contributed by atoms with Gasteiger partial charge in [-0.2, -0.15) is 15.0 Å². The molecule has 0 aliphatic carbocycles. The van der Waals surface area contributed by atoms with Crippen molar-refractivity contribution >= 4 is 11.9 Å². The van der Waals surface area contributed by atoms with Gasteiger partial charge in [-0.15, -0.1) is 0 Å². The number of rotatable bonds is 7. The van der Waals surface area contributed by atoms with Crippen LogP contribution in [0.4, 0.5) is 11.9 Å². The molecule has 0 aliphatic rings. The lowest BCUT2D eigenvalue weighted by Crippen LogP contribution is -2.37. The summed E-state index contributed by atoms with van der Waals surface area (Å²) in [6.45, 7) is 6.49. The van der Waals surface area contributed by atoms with E-state index in [4.69, 9.17) is 4.74 Å². The number of ether oxygens (including phenoxy) is 1. The van der Waals surface area contributed by atoms with Gasteiger partial charge in [0, 0.05) is 12.6 Å². The zero-order valence-electron chi connectivity index (χ0n) is 11.9. The molecule has 1 aromatic rings. The highest BCUT2D eigenvalue weighted by atomic mass is 16.5. The SMILES string of the molecule is CCC(CC)(CC)Nc1nc(NC)nc(OC)n1. The van der Waals surface area contributed by atoms with Crippen LogP contribution in [0.5, 0.6) is 6.01 Å². The number of nitrogens with zero attached hydrogens (tertiary/aromatic N) is 3. The Morgan fingerprint density at radius 3 is 2.00 bits per heavy atom. The second-order valence-electron chi connectivity index (χ2n) is 4.19. The third-order valence-corrected chi connectivity index (χ3v) is 3.43. The van der Waals surface area contributed by atoms with Crippen molar-refractivity contribution in [2.24, 2.45) is 0 Å². The van der Waals surface area contributed by atoms with Gasteiger partial charge in [-0.05, 0) is 19.3 Å². The first-order chi connectivity index (χ1) is 8.62. The maximum Gasteiger partial charge on any atom is 0.322 e. The van der Waals surface area contributed by atoms with Gasteiger partial charge < -0.3 is 15.4 Å². The van der Waals surface area contributed by atoms with E-state index in [1.165, 1.54) is 0 Å². The van der Waals surface area contributed by atoms with Crippen LogP contribution in [0.1, 0.15) is 40.0 Å². The van der Waals surface area contributed by atoms with Crippen LogP contribution >= 0.6 is 0 Å². The first-order valence-corrected chi connectivity index (χ1v) is 6.39. The molecule has 0 unspecified atom stereocenters. The zero-order valence-corrected chi connectivity index (χ0v) is 11.9. The van der Waals surface area contributed by atoms with E-state index in [-0.39, 0.29) is 5.54 Å². The summed E-state index contributed by atoms with van der Waals surface area (Å²) in [5, 5.41) is 6.31. The average Bonchev–Trinajstić information content (AvgIpc) is 2.44. The van der Waals surface area contributed by atoms with Crippen molar-refractivity contribution in [1.29, 1.82) is 0 Å². The molecule has 0 bridgehead atoms. The Morgan fingerprint density at radius 2 is 1.56 bits per heavy atom. The van der Waals surface area contributed by atoms with Crippen LogP contribution in [0.3, 0.4) is 0 Å². The van der Waals surface area contributed by atoms with Gasteiger partial charge in [-0.1, -0.05) is 20.8 Å². The molecule has 0 radical (unpaired) electrons. The predicted molar refractivity (Wildman–Crippen MR) is 73.2 cm³/mol. The molecular formula is C12H23N5O.